The summed E-state index contributed by atoms with van der Waals surface area (Å²) >= 11 is 5.98. The summed E-state index contributed by atoms with van der Waals surface area (Å²) in [6, 6.07) is 4.46. The van der Waals surface area contributed by atoms with Gasteiger partial charge in [0.15, 0.2) is 0 Å². The van der Waals surface area contributed by atoms with Gasteiger partial charge in [0.2, 0.25) is 5.91 Å². The normalized spacial score (nSPS) is 14.5. The standard InChI is InChI=1S/C16H15ClFN7O/c17-14-2-1-3-15(18)13(14)6-16(26)23-9-12(10-23)24-7-11(21-22-24)8-25-19-4-5-20-25/h1-5,7,12H,6,8-10H2. The summed E-state index contributed by atoms with van der Waals surface area (Å²) < 4.78 is 15.5. The largest absolute Gasteiger partial charge is 0.338 e. The molecule has 1 fully saturated rings. The highest BCUT2D eigenvalue weighted by molar-refractivity contribution is 6.31. The smallest absolute Gasteiger partial charge is 0.227 e. The Balaban J connectivity index is 1.34. The van der Waals surface area contributed by atoms with Crippen molar-refractivity contribution < 1.29 is 9.18 Å². The quantitative estimate of drug-likeness (QED) is 0.672. The van der Waals surface area contributed by atoms with Crippen LogP contribution in [0.15, 0.2) is 36.8 Å². The Morgan fingerprint density at radius 2 is 2.04 bits per heavy atom. The number of aromatic nitrogens is 6. The SMILES string of the molecule is O=C(Cc1c(F)cccc1Cl)N1CC(n2cc(Cn3nccn3)nn2)C1. The zero-order valence-electron chi connectivity index (χ0n) is 13.7. The van der Waals surface area contributed by atoms with E-state index in [9.17, 15) is 9.18 Å². The molecule has 26 heavy (non-hydrogen) atoms. The minimum atomic E-state index is -0.462. The van der Waals surface area contributed by atoms with Gasteiger partial charge in [-0.1, -0.05) is 22.9 Å². The van der Waals surface area contributed by atoms with Crippen LogP contribution in [0, 0.1) is 5.82 Å². The topological polar surface area (TPSA) is 81.7 Å². The first-order chi connectivity index (χ1) is 12.6. The molecule has 1 aliphatic rings. The third kappa shape index (κ3) is 3.30. The molecule has 2 aromatic heterocycles. The van der Waals surface area contributed by atoms with E-state index in [4.69, 9.17) is 11.6 Å². The maximum Gasteiger partial charge on any atom is 0.227 e. The summed E-state index contributed by atoms with van der Waals surface area (Å²) in [5.74, 6) is -0.620. The molecule has 1 aromatic carbocycles. The van der Waals surface area contributed by atoms with E-state index in [1.807, 2.05) is 6.20 Å². The van der Waals surface area contributed by atoms with E-state index in [0.717, 1.165) is 5.69 Å². The fraction of sp³-hybridized carbons (Fsp3) is 0.312. The molecule has 4 rings (SSSR count). The van der Waals surface area contributed by atoms with Gasteiger partial charge in [0.25, 0.3) is 0 Å². The average Bonchev–Trinajstić information content (AvgIpc) is 3.22. The monoisotopic (exact) mass is 375 g/mol. The van der Waals surface area contributed by atoms with Crippen molar-refractivity contribution in [3.63, 3.8) is 0 Å². The van der Waals surface area contributed by atoms with Crippen LogP contribution in [0.5, 0.6) is 0 Å². The molecule has 0 radical (unpaired) electrons. The molecule has 0 spiro atoms. The number of nitrogens with zero attached hydrogens (tertiary/aromatic N) is 7. The van der Waals surface area contributed by atoms with Crippen LogP contribution in [0.2, 0.25) is 5.02 Å². The molecule has 8 nitrogen and oxygen atoms in total. The second kappa shape index (κ2) is 6.83. The van der Waals surface area contributed by atoms with E-state index < -0.39 is 5.82 Å². The molecule has 0 unspecified atom stereocenters. The lowest BCUT2D eigenvalue weighted by atomic mass is 10.1. The van der Waals surface area contributed by atoms with Crippen molar-refractivity contribution in [2.24, 2.45) is 0 Å². The van der Waals surface area contributed by atoms with Gasteiger partial charge in [-0.25, -0.2) is 9.07 Å². The second-order valence-electron chi connectivity index (χ2n) is 6.08. The molecule has 0 bridgehead atoms. The van der Waals surface area contributed by atoms with Crippen molar-refractivity contribution in [2.45, 2.75) is 19.0 Å². The Bertz CT molecular complexity index is 900. The number of carbonyl (C=O) groups is 1. The van der Waals surface area contributed by atoms with Crippen LogP contribution < -0.4 is 0 Å². The van der Waals surface area contributed by atoms with Crippen molar-refractivity contribution in [2.75, 3.05) is 13.1 Å². The van der Waals surface area contributed by atoms with Gasteiger partial charge in [-0.15, -0.1) is 5.10 Å². The number of benzene rings is 1. The fourth-order valence-corrected chi connectivity index (χ4v) is 3.05. The Kier molecular flexibility index (Phi) is 4.37. The minimum Gasteiger partial charge on any atom is -0.338 e. The van der Waals surface area contributed by atoms with E-state index in [-0.39, 0.29) is 29.0 Å². The summed E-state index contributed by atoms with van der Waals surface area (Å²) in [6.07, 6.45) is 4.97. The highest BCUT2D eigenvalue weighted by Gasteiger charge is 2.33. The molecule has 0 atom stereocenters. The van der Waals surface area contributed by atoms with Crippen LogP contribution in [0.4, 0.5) is 4.39 Å². The van der Waals surface area contributed by atoms with E-state index in [1.165, 1.54) is 16.9 Å². The lowest BCUT2D eigenvalue weighted by Gasteiger charge is -2.39. The summed E-state index contributed by atoms with van der Waals surface area (Å²) in [4.78, 5) is 15.5. The van der Waals surface area contributed by atoms with Crippen LogP contribution in [0.3, 0.4) is 0 Å². The number of rotatable bonds is 5. The molecule has 134 valence electrons. The predicted octanol–water partition coefficient (Wildman–Crippen LogP) is 1.34. The van der Waals surface area contributed by atoms with Crippen molar-refractivity contribution in [3.8, 4) is 0 Å². The van der Waals surface area contributed by atoms with Crippen LogP contribution >= 0.6 is 11.6 Å². The van der Waals surface area contributed by atoms with Gasteiger partial charge in [0.05, 0.1) is 31.1 Å². The van der Waals surface area contributed by atoms with E-state index in [2.05, 4.69) is 20.5 Å². The minimum absolute atomic E-state index is 0.0498. The molecular formula is C16H15ClFN7O. The molecule has 1 aliphatic heterocycles. The van der Waals surface area contributed by atoms with Crippen molar-refractivity contribution in [1.82, 2.24) is 34.9 Å². The van der Waals surface area contributed by atoms with Crippen LogP contribution in [0.25, 0.3) is 0 Å². The summed E-state index contributed by atoms with van der Waals surface area (Å²) in [7, 11) is 0. The fourth-order valence-electron chi connectivity index (χ4n) is 2.82. The Morgan fingerprint density at radius 3 is 2.77 bits per heavy atom. The van der Waals surface area contributed by atoms with Gasteiger partial charge in [-0.05, 0) is 12.1 Å². The molecule has 0 N–H and O–H groups in total. The highest BCUT2D eigenvalue weighted by Crippen LogP contribution is 2.24. The van der Waals surface area contributed by atoms with Gasteiger partial charge in [-0.2, -0.15) is 15.0 Å². The van der Waals surface area contributed by atoms with E-state index in [0.29, 0.717) is 19.6 Å². The number of amides is 1. The molecule has 0 aliphatic carbocycles. The first-order valence-corrected chi connectivity index (χ1v) is 8.43. The van der Waals surface area contributed by atoms with Crippen molar-refractivity contribution >= 4 is 17.5 Å². The summed E-state index contributed by atoms with van der Waals surface area (Å²) in [5, 5.41) is 16.5. The van der Waals surface area contributed by atoms with Crippen molar-refractivity contribution in [1.29, 1.82) is 0 Å². The van der Waals surface area contributed by atoms with Crippen LogP contribution in [0.1, 0.15) is 17.3 Å². The Labute approximate surface area is 153 Å². The van der Waals surface area contributed by atoms with Gasteiger partial charge < -0.3 is 4.90 Å². The second-order valence-corrected chi connectivity index (χ2v) is 6.49. The lowest BCUT2D eigenvalue weighted by Crippen LogP contribution is -2.51. The number of hydrogen-bond donors (Lipinski definition) is 0. The summed E-state index contributed by atoms with van der Waals surface area (Å²) in [5.41, 5.74) is 0.974. The molecule has 1 saturated heterocycles. The third-order valence-corrected chi connectivity index (χ3v) is 4.66. The average molecular weight is 376 g/mol. The van der Waals surface area contributed by atoms with Gasteiger partial charge in [-0.3, -0.25) is 4.79 Å². The van der Waals surface area contributed by atoms with Crippen LogP contribution in [-0.4, -0.2) is 53.9 Å². The Morgan fingerprint density at radius 1 is 1.27 bits per heavy atom. The number of likely N-dealkylation sites (tertiary alicyclic amines) is 1. The summed E-state index contributed by atoms with van der Waals surface area (Å²) in [6.45, 7) is 1.45. The zero-order chi connectivity index (χ0) is 18.1. The van der Waals surface area contributed by atoms with Gasteiger partial charge in [0.1, 0.15) is 18.1 Å². The maximum absolute atomic E-state index is 13.8. The Hall–Kier alpha value is -2.81. The van der Waals surface area contributed by atoms with Crippen LogP contribution in [-0.2, 0) is 17.8 Å². The van der Waals surface area contributed by atoms with E-state index in [1.54, 1.807) is 28.0 Å². The zero-order valence-corrected chi connectivity index (χ0v) is 14.4. The third-order valence-electron chi connectivity index (χ3n) is 4.31. The lowest BCUT2D eigenvalue weighted by molar-refractivity contribution is -0.136. The van der Waals surface area contributed by atoms with Gasteiger partial charge >= 0.3 is 0 Å². The molecule has 0 saturated carbocycles. The number of carbonyl (C=O) groups excluding carboxylic acids is 1. The molecule has 1 amide bonds. The van der Waals surface area contributed by atoms with E-state index >= 15 is 0 Å². The number of halogens is 2. The first kappa shape index (κ1) is 16.6. The molecule has 3 heterocycles. The number of hydrogen-bond acceptors (Lipinski definition) is 5. The highest BCUT2D eigenvalue weighted by atomic mass is 35.5. The van der Waals surface area contributed by atoms with Crippen molar-refractivity contribution in [3.05, 3.63) is 58.9 Å². The van der Waals surface area contributed by atoms with Gasteiger partial charge in [0, 0.05) is 23.7 Å². The predicted molar refractivity (Wildman–Crippen MR) is 89.9 cm³/mol. The maximum atomic E-state index is 13.8. The molecule has 3 aromatic rings. The molecule has 10 heteroatoms. The molecular weight excluding hydrogens is 361 g/mol. The first-order valence-electron chi connectivity index (χ1n) is 8.05.